The Hall–Kier alpha value is -5.34. The van der Waals surface area contributed by atoms with Crippen molar-refractivity contribution in [3.8, 4) is 28.4 Å². The summed E-state index contributed by atoms with van der Waals surface area (Å²) in [6, 6.07) is 31.3. The lowest BCUT2D eigenvalue weighted by Gasteiger charge is -2.13. The van der Waals surface area contributed by atoms with Crippen molar-refractivity contribution in [2.24, 2.45) is 5.10 Å². The van der Waals surface area contributed by atoms with Crippen molar-refractivity contribution < 1.29 is 24.2 Å². The number of aromatic carboxylic acids is 1. The first-order valence-corrected chi connectivity index (χ1v) is 13.7. The molecule has 0 saturated heterocycles. The molecule has 0 aliphatic carbocycles. The van der Waals surface area contributed by atoms with Crippen LogP contribution in [-0.4, -0.2) is 34.9 Å². The molecule has 0 fully saturated rings. The molecule has 4 aromatic carbocycles. The van der Waals surface area contributed by atoms with Gasteiger partial charge in [0.05, 0.1) is 29.6 Å². The van der Waals surface area contributed by atoms with Gasteiger partial charge in [0.25, 0.3) is 5.91 Å². The average molecular weight is 594 g/mol. The van der Waals surface area contributed by atoms with Crippen LogP contribution in [0.1, 0.15) is 37.5 Å². The van der Waals surface area contributed by atoms with Crippen molar-refractivity contribution in [3.63, 3.8) is 0 Å². The monoisotopic (exact) mass is 593 g/mol. The van der Waals surface area contributed by atoms with Crippen molar-refractivity contribution in [1.82, 2.24) is 9.99 Å². The van der Waals surface area contributed by atoms with E-state index in [0.717, 1.165) is 28.2 Å². The topological polar surface area (TPSA) is 102 Å². The molecular weight excluding hydrogens is 566 g/mol. The Bertz CT molecular complexity index is 1780. The first-order valence-electron chi connectivity index (χ1n) is 13.3. The van der Waals surface area contributed by atoms with Crippen LogP contribution in [0.25, 0.3) is 16.9 Å². The number of nitrogens with one attached hydrogen (secondary N) is 1. The number of hydrazone groups is 1. The van der Waals surface area contributed by atoms with Crippen LogP contribution in [0.5, 0.6) is 11.5 Å². The molecule has 1 heterocycles. The van der Waals surface area contributed by atoms with Crippen molar-refractivity contribution in [2.75, 3.05) is 7.11 Å². The lowest BCUT2D eigenvalue weighted by Crippen LogP contribution is -2.17. The lowest BCUT2D eigenvalue weighted by atomic mass is 10.1. The Kier molecular flexibility index (Phi) is 8.88. The number of amides is 1. The number of hydrogen-bond acceptors (Lipinski definition) is 5. The van der Waals surface area contributed by atoms with E-state index in [4.69, 9.17) is 26.2 Å². The summed E-state index contributed by atoms with van der Waals surface area (Å²) in [7, 11) is 1.49. The number of halogens is 1. The third-order valence-corrected chi connectivity index (χ3v) is 7.03. The molecule has 0 bridgehead atoms. The van der Waals surface area contributed by atoms with Crippen LogP contribution >= 0.6 is 11.6 Å². The molecule has 0 saturated carbocycles. The number of rotatable bonds is 10. The summed E-state index contributed by atoms with van der Waals surface area (Å²) < 4.78 is 13.5. The number of carboxylic acids is 1. The van der Waals surface area contributed by atoms with Crippen molar-refractivity contribution >= 4 is 29.7 Å². The van der Waals surface area contributed by atoms with Crippen LogP contribution in [0.15, 0.2) is 108 Å². The zero-order valence-corrected chi connectivity index (χ0v) is 24.2. The van der Waals surface area contributed by atoms with Gasteiger partial charge in [0, 0.05) is 16.9 Å². The Morgan fingerprint density at radius 3 is 2.30 bits per heavy atom. The summed E-state index contributed by atoms with van der Waals surface area (Å²) >= 11 is 6.47. The highest BCUT2D eigenvalue weighted by Gasteiger charge is 2.14. The zero-order chi connectivity index (χ0) is 30.3. The van der Waals surface area contributed by atoms with Gasteiger partial charge in [-0.15, -0.1) is 0 Å². The minimum Gasteiger partial charge on any atom is -0.493 e. The fraction of sp³-hybridized carbons (Fsp3) is 0.0882. The quantitative estimate of drug-likeness (QED) is 0.132. The highest BCUT2D eigenvalue weighted by atomic mass is 35.5. The van der Waals surface area contributed by atoms with Gasteiger partial charge < -0.3 is 19.1 Å². The van der Waals surface area contributed by atoms with Gasteiger partial charge in [-0.25, -0.2) is 10.2 Å². The van der Waals surface area contributed by atoms with Crippen molar-refractivity contribution in [2.45, 2.75) is 13.5 Å². The Morgan fingerprint density at radius 2 is 1.63 bits per heavy atom. The van der Waals surface area contributed by atoms with Gasteiger partial charge in [-0.1, -0.05) is 54.1 Å². The Balaban J connectivity index is 1.23. The molecule has 0 radical (unpaired) electrons. The van der Waals surface area contributed by atoms with Crippen molar-refractivity contribution in [1.29, 1.82) is 0 Å². The second-order valence-electron chi connectivity index (χ2n) is 9.63. The average Bonchev–Trinajstić information content (AvgIpc) is 3.42. The van der Waals surface area contributed by atoms with Gasteiger partial charge in [0.15, 0.2) is 11.5 Å². The molecule has 5 rings (SSSR count). The van der Waals surface area contributed by atoms with Crippen LogP contribution in [0, 0.1) is 6.92 Å². The highest BCUT2D eigenvalue weighted by molar-refractivity contribution is 6.32. The summed E-state index contributed by atoms with van der Waals surface area (Å²) in [6.07, 6.45) is 1.46. The molecular formula is C34H28ClN3O5. The largest absolute Gasteiger partial charge is 0.493 e. The molecule has 0 spiro atoms. The lowest BCUT2D eigenvalue weighted by molar-refractivity contribution is 0.0696. The number of nitrogens with zero attached hydrogens (tertiary/aromatic N) is 2. The fourth-order valence-corrected chi connectivity index (χ4v) is 4.83. The second kappa shape index (κ2) is 13.1. The van der Waals surface area contributed by atoms with E-state index in [0.29, 0.717) is 27.6 Å². The maximum Gasteiger partial charge on any atom is 0.335 e. The molecule has 216 valence electrons. The van der Waals surface area contributed by atoms with E-state index in [1.807, 2.05) is 37.3 Å². The molecule has 1 aromatic heterocycles. The van der Waals surface area contributed by atoms with Gasteiger partial charge in [-0.3, -0.25) is 4.79 Å². The van der Waals surface area contributed by atoms with Gasteiger partial charge in [0.1, 0.15) is 6.61 Å². The summed E-state index contributed by atoms with van der Waals surface area (Å²) in [5.41, 5.74) is 8.76. The van der Waals surface area contributed by atoms with Gasteiger partial charge in [-0.2, -0.15) is 5.10 Å². The van der Waals surface area contributed by atoms with Crippen LogP contribution in [0.4, 0.5) is 0 Å². The van der Waals surface area contributed by atoms with Gasteiger partial charge >= 0.3 is 5.97 Å². The third-order valence-electron chi connectivity index (χ3n) is 6.75. The minimum atomic E-state index is -0.996. The first-order chi connectivity index (χ1) is 20.8. The Morgan fingerprint density at radius 1 is 0.930 bits per heavy atom. The van der Waals surface area contributed by atoms with E-state index in [-0.39, 0.29) is 18.1 Å². The SMILES string of the molecule is COc1cc(/C=N/NC(=O)c2ccc(-n3c(C)ccc3-c3ccccc3)cc2)cc(Cl)c1OCc1ccc(C(=O)O)cc1. The summed E-state index contributed by atoms with van der Waals surface area (Å²) in [6.45, 7) is 2.21. The number of benzene rings is 4. The fourth-order valence-electron chi connectivity index (χ4n) is 4.56. The first kappa shape index (κ1) is 29.2. The van der Waals surface area contributed by atoms with Crippen LogP contribution in [0.3, 0.4) is 0 Å². The maximum absolute atomic E-state index is 12.8. The third kappa shape index (κ3) is 6.77. The second-order valence-corrected chi connectivity index (χ2v) is 10.0. The standard InChI is InChI=1S/C34H28ClN3O5/c1-22-8-17-30(25-6-4-3-5-7-25)38(22)28-15-13-26(14-16-28)33(39)37-36-20-24-18-29(35)32(31(19-24)42-2)43-21-23-9-11-27(12-10-23)34(40)41/h3-20H,21H2,1-2H3,(H,37,39)(H,40,41)/b36-20+. The zero-order valence-electron chi connectivity index (χ0n) is 23.5. The molecule has 5 aromatic rings. The van der Waals surface area contributed by atoms with Gasteiger partial charge in [0.2, 0.25) is 0 Å². The number of aryl methyl sites for hydroxylation is 1. The molecule has 0 aliphatic heterocycles. The molecule has 8 nitrogen and oxygen atoms in total. The molecule has 43 heavy (non-hydrogen) atoms. The normalized spacial score (nSPS) is 11.0. The maximum atomic E-state index is 12.8. The van der Waals surface area contributed by atoms with E-state index >= 15 is 0 Å². The number of hydrogen-bond donors (Lipinski definition) is 2. The van der Waals surface area contributed by atoms with Crippen molar-refractivity contribution in [3.05, 3.63) is 136 Å². The molecule has 9 heteroatoms. The smallest absolute Gasteiger partial charge is 0.335 e. The number of methoxy groups -OCH3 is 1. The summed E-state index contributed by atoms with van der Waals surface area (Å²) in [5.74, 6) is -0.638. The summed E-state index contributed by atoms with van der Waals surface area (Å²) in [5, 5.41) is 13.4. The van der Waals surface area contributed by atoms with E-state index in [2.05, 4.69) is 39.4 Å². The van der Waals surface area contributed by atoms with E-state index in [1.165, 1.54) is 25.5 Å². The Labute approximate surface area is 253 Å². The van der Waals surface area contributed by atoms with Gasteiger partial charge in [-0.05, 0) is 84.3 Å². The minimum absolute atomic E-state index is 0.162. The molecule has 0 unspecified atom stereocenters. The number of ether oxygens (including phenoxy) is 2. The predicted molar refractivity (Wildman–Crippen MR) is 167 cm³/mol. The molecule has 0 atom stereocenters. The number of carboxylic acid groups (broad SMARTS) is 1. The number of carbonyl (C=O) groups excluding carboxylic acids is 1. The number of aromatic nitrogens is 1. The van der Waals surface area contributed by atoms with E-state index in [1.54, 1.807) is 36.4 Å². The van der Waals surface area contributed by atoms with E-state index in [9.17, 15) is 9.59 Å². The summed E-state index contributed by atoms with van der Waals surface area (Å²) in [4.78, 5) is 23.8. The van der Waals surface area contributed by atoms with Crippen LogP contribution < -0.4 is 14.9 Å². The van der Waals surface area contributed by atoms with E-state index < -0.39 is 5.97 Å². The highest BCUT2D eigenvalue weighted by Crippen LogP contribution is 2.36. The molecule has 1 amide bonds. The van der Waals surface area contributed by atoms with Crippen LogP contribution in [0.2, 0.25) is 5.02 Å². The predicted octanol–water partition coefficient (Wildman–Crippen LogP) is 7.16. The van der Waals surface area contributed by atoms with Crippen LogP contribution in [-0.2, 0) is 6.61 Å². The molecule has 2 N–H and O–H groups in total. The number of carbonyl (C=O) groups is 2. The molecule has 0 aliphatic rings.